The highest BCUT2D eigenvalue weighted by molar-refractivity contribution is 7.99. The Bertz CT molecular complexity index is 753. The molecule has 2 aromatic carbocycles. The van der Waals surface area contributed by atoms with E-state index in [2.05, 4.69) is 60.9 Å². The number of hydrogen-bond donors (Lipinski definition) is 0. The molecular weight excluding hydrogens is 383 g/mol. The smallest absolute Gasteiger partial charge is 0.0545 e. The van der Waals surface area contributed by atoms with Gasteiger partial charge in [-0.1, -0.05) is 42.3 Å². The molecule has 0 saturated carbocycles. The molecule has 26 heavy (non-hydrogen) atoms. The van der Waals surface area contributed by atoms with Gasteiger partial charge in [0.05, 0.1) is 5.02 Å². The van der Waals surface area contributed by atoms with Crippen LogP contribution in [-0.4, -0.2) is 35.8 Å². The monoisotopic (exact) mass is 408 g/mol. The van der Waals surface area contributed by atoms with E-state index in [-0.39, 0.29) is 0 Å². The van der Waals surface area contributed by atoms with Gasteiger partial charge in [-0.3, -0.25) is 4.90 Å². The third kappa shape index (κ3) is 4.51. The quantitative estimate of drug-likeness (QED) is 0.543. The Labute approximate surface area is 171 Å². The number of benzene rings is 2. The Balaban J connectivity index is 1.69. The van der Waals surface area contributed by atoms with Gasteiger partial charge in [-0.15, -0.1) is 11.8 Å². The van der Waals surface area contributed by atoms with Crippen molar-refractivity contribution in [2.75, 3.05) is 23.7 Å². The molecule has 0 aliphatic carbocycles. The van der Waals surface area contributed by atoms with Gasteiger partial charge in [0, 0.05) is 47.3 Å². The van der Waals surface area contributed by atoms with Gasteiger partial charge in [0.2, 0.25) is 0 Å². The normalized spacial score (nSPS) is 21.2. The summed E-state index contributed by atoms with van der Waals surface area (Å²) in [6.45, 7) is 9.73. The summed E-state index contributed by atoms with van der Waals surface area (Å²) in [5.41, 5.74) is 2.49. The van der Waals surface area contributed by atoms with Crippen LogP contribution in [0.1, 0.15) is 26.3 Å². The van der Waals surface area contributed by atoms with Gasteiger partial charge in [-0.25, -0.2) is 0 Å². The van der Waals surface area contributed by atoms with E-state index in [0.717, 1.165) is 35.4 Å². The summed E-state index contributed by atoms with van der Waals surface area (Å²) in [5.74, 6) is 1.04. The molecule has 140 valence electrons. The fraction of sp³-hybridized carbons (Fsp3) is 0.429. The largest absolute Gasteiger partial charge is 0.366 e. The molecule has 1 saturated heterocycles. The Hall–Kier alpha value is -0.870. The van der Waals surface area contributed by atoms with Gasteiger partial charge in [0.25, 0.3) is 0 Å². The molecule has 0 amide bonds. The van der Waals surface area contributed by atoms with Gasteiger partial charge in [0.1, 0.15) is 0 Å². The number of thioether (sulfide) groups is 1. The maximum atomic E-state index is 6.45. The second-order valence-corrected chi connectivity index (χ2v) is 8.97. The molecule has 2 atom stereocenters. The van der Waals surface area contributed by atoms with Crippen LogP contribution in [-0.2, 0) is 6.54 Å². The van der Waals surface area contributed by atoms with E-state index >= 15 is 0 Å². The molecule has 1 unspecified atom stereocenters. The summed E-state index contributed by atoms with van der Waals surface area (Å²) in [6.07, 6.45) is 0. The summed E-state index contributed by atoms with van der Waals surface area (Å²) < 4.78 is 0. The summed E-state index contributed by atoms with van der Waals surface area (Å²) in [7, 11) is 0. The first-order valence-corrected chi connectivity index (χ1v) is 10.9. The molecule has 5 heteroatoms. The first-order chi connectivity index (χ1) is 12.5. The molecule has 2 aromatic rings. The van der Waals surface area contributed by atoms with E-state index in [0.29, 0.717) is 12.1 Å². The van der Waals surface area contributed by atoms with E-state index in [1.807, 2.05) is 12.1 Å². The summed E-state index contributed by atoms with van der Waals surface area (Å²) >= 11 is 14.4. The molecule has 0 radical (unpaired) electrons. The highest BCUT2D eigenvalue weighted by Crippen LogP contribution is 2.30. The lowest BCUT2D eigenvalue weighted by Gasteiger charge is -2.46. The predicted molar refractivity (Wildman–Crippen MR) is 116 cm³/mol. The van der Waals surface area contributed by atoms with Crippen LogP contribution in [0.5, 0.6) is 0 Å². The number of rotatable bonds is 5. The number of nitrogens with zero attached hydrogens (tertiary/aromatic N) is 2. The van der Waals surface area contributed by atoms with Crippen molar-refractivity contribution in [3.63, 3.8) is 0 Å². The van der Waals surface area contributed by atoms with Crippen LogP contribution in [0, 0.1) is 0 Å². The Morgan fingerprint density at radius 2 is 1.85 bits per heavy atom. The van der Waals surface area contributed by atoms with Crippen LogP contribution >= 0.6 is 35.0 Å². The lowest BCUT2D eigenvalue weighted by atomic mass is 10.0. The maximum Gasteiger partial charge on any atom is 0.0545 e. The maximum absolute atomic E-state index is 6.45. The number of piperazine rings is 1. The van der Waals surface area contributed by atoms with Gasteiger partial charge >= 0.3 is 0 Å². The van der Waals surface area contributed by atoms with Crippen molar-refractivity contribution in [3.8, 4) is 0 Å². The molecule has 1 aliphatic heterocycles. The average molecular weight is 409 g/mol. The minimum absolute atomic E-state index is 0.424. The minimum Gasteiger partial charge on any atom is -0.366 e. The van der Waals surface area contributed by atoms with Crippen LogP contribution in [0.15, 0.2) is 47.4 Å². The van der Waals surface area contributed by atoms with Crippen LogP contribution in [0.3, 0.4) is 0 Å². The second-order valence-electron chi connectivity index (χ2n) is 6.82. The van der Waals surface area contributed by atoms with Gasteiger partial charge in [-0.2, -0.15) is 0 Å². The standard InChI is InChI=1S/C21H26Cl2N2S/c1-4-26-21-9-8-17(12-20(21)23)14-24-10-11-25(16(3)15(24)2)19-7-5-6-18(22)13-19/h5-9,12-13,15-16H,4,10-11,14H2,1-3H3/t15?,16-/m1/s1. The van der Waals surface area contributed by atoms with Crippen molar-refractivity contribution in [2.24, 2.45) is 0 Å². The zero-order chi connectivity index (χ0) is 18.7. The summed E-state index contributed by atoms with van der Waals surface area (Å²) in [5, 5.41) is 1.66. The first kappa shape index (κ1) is 19.9. The number of halogens is 2. The predicted octanol–water partition coefficient (Wildman–Crippen LogP) is 6.20. The average Bonchev–Trinajstić information content (AvgIpc) is 2.61. The van der Waals surface area contributed by atoms with E-state index < -0.39 is 0 Å². The van der Waals surface area contributed by atoms with Crippen molar-refractivity contribution in [1.29, 1.82) is 0 Å². The van der Waals surface area contributed by atoms with E-state index in [1.165, 1.54) is 16.1 Å². The zero-order valence-corrected chi connectivity index (χ0v) is 17.9. The molecule has 2 nitrogen and oxygen atoms in total. The van der Waals surface area contributed by atoms with Crippen molar-refractivity contribution in [1.82, 2.24) is 4.90 Å². The highest BCUT2D eigenvalue weighted by atomic mass is 35.5. The van der Waals surface area contributed by atoms with Crippen LogP contribution in [0.4, 0.5) is 5.69 Å². The van der Waals surface area contributed by atoms with Crippen LogP contribution in [0.25, 0.3) is 0 Å². The lowest BCUT2D eigenvalue weighted by Crippen LogP contribution is -2.57. The van der Waals surface area contributed by atoms with Crippen molar-refractivity contribution < 1.29 is 0 Å². The fourth-order valence-electron chi connectivity index (χ4n) is 3.60. The third-order valence-corrected chi connectivity index (χ3v) is 6.83. The van der Waals surface area contributed by atoms with Crippen molar-refractivity contribution in [2.45, 2.75) is 44.3 Å². The summed E-state index contributed by atoms with van der Waals surface area (Å²) in [6, 6.07) is 15.5. The Kier molecular flexibility index (Phi) is 6.79. The lowest BCUT2D eigenvalue weighted by molar-refractivity contribution is 0.150. The first-order valence-electron chi connectivity index (χ1n) is 9.17. The molecule has 3 rings (SSSR count). The Morgan fingerprint density at radius 3 is 2.54 bits per heavy atom. The van der Waals surface area contributed by atoms with Crippen LogP contribution < -0.4 is 4.90 Å². The number of hydrogen-bond acceptors (Lipinski definition) is 3. The van der Waals surface area contributed by atoms with Crippen molar-refractivity contribution >= 4 is 40.7 Å². The van der Waals surface area contributed by atoms with E-state index in [1.54, 1.807) is 11.8 Å². The van der Waals surface area contributed by atoms with Gasteiger partial charge in [-0.05, 0) is 55.5 Å². The molecular formula is C21H26Cl2N2S. The number of anilines is 1. The van der Waals surface area contributed by atoms with Gasteiger partial charge in [0.15, 0.2) is 0 Å². The molecule has 1 aliphatic rings. The Morgan fingerprint density at radius 1 is 1.04 bits per heavy atom. The summed E-state index contributed by atoms with van der Waals surface area (Å²) in [4.78, 5) is 6.18. The SMILES string of the molecule is CCSc1ccc(CN2CCN(c3cccc(Cl)c3)[C@H](C)C2C)cc1Cl. The highest BCUT2D eigenvalue weighted by Gasteiger charge is 2.30. The topological polar surface area (TPSA) is 6.48 Å². The van der Waals surface area contributed by atoms with Crippen molar-refractivity contribution in [3.05, 3.63) is 58.1 Å². The van der Waals surface area contributed by atoms with E-state index in [9.17, 15) is 0 Å². The third-order valence-electron chi connectivity index (χ3n) is 5.22. The van der Waals surface area contributed by atoms with Crippen LogP contribution in [0.2, 0.25) is 10.0 Å². The fourth-order valence-corrected chi connectivity index (χ4v) is 4.82. The zero-order valence-electron chi connectivity index (χ0n) is 15.6. The second kappa shape index (κ2) is 8.88. The molecule has 1 heterocycles. The molecule has 0 bridgehead atoms. The van der Waals surface area contributed by atoms with E-state index in [4.69, 9.17) is 23.2 Å². The molecule has 0 spiro atoms. The molecule has 0 aromatic heterocycles. The molecule has 0 N–H and O–H groups in total. The molecule has 1 fully saturated rings. The minimum atomic E-state index is 0.424. The van der Waals surface area contributed by atoms with Gasteiger partial charge < -0.3 is 4.90 Å².